The fourth-order valence-electron chi connectivity index (χ4n) is 3.02. The molecule has 1 N–H and O–H groups in total. The molecule has 0 radical (unpaired) electrons. The first kappa shape index (κ1) is 14.5. The van der Waals surface area contributed by atoms with Crippen molar-refractivity contribution < 1.29 is 9.90 Å². The SMILES string of the molecule is CCN(C)C1(C(=O)O)CCC(C(C)(C)C)CC1. The molecule has 0 bridgehead atoms. The zero-order valence-corrected chi connectivity index (χ0v) is 11.9. The summed E-state index contributed by atoms with van der Waals surface area (Å²) in [5, 5.41) is 9.54. The second-order valence-electron chi connectivity index (χ2n) is 6.49. The van der Waals surface area contributed by atoms with Crippen molar-refractivity contribution in [3.8, 4) is 0 Å². The van der Waals surface area contributed by atoms with Gasteiger partial charge in [-0.2, -0.15) is 0 Å². The van der Waals surface area contributed by atoms with Gasteiger partial charge in [0.1, 0.15) is 5.54 Å². The molecule has 1 saturated carbocycles. The monoisotopic (exact) mass is 241 g/mol. The summed E-state index contributed by atoms with van der Waals surface area (Å²) in [6.45, 7) is 9.60. The zero-order valence-electron chi connectivity index (χ0n) is 11.9. The van der Waals surface area contributed by atoms with Crippen molar-refractivity contribution >= 4 is 5.97 Å². The van der Waals surface area contributed by atoms with Crippen molar-refractivity contribution in [3.05, 3.63) is 0 Å². The number of carboxylic acids is 1. The summed E-state index contributed by atoms with van der Waals surface area (Å²) in [6, 6.07) is 0. The Hall–Kier alpha value is -0.570. The van der Waals surface area contributed by atoms with E-state index in [9.17, 15) is 9.90 Å². The number of likely N-dealkylation sites (N-methyl/N-ethyl adjacent to an activating group) is 1. The minimum absolute atomic E-state index is 0.301. The van der Waals surface area contributed by atoms with Crippen LogP contribution in [0.2, 0.25) is 0 Å². The van der Waals surface area contributed by atoms with E-state index >= 15 is 0 Å². The Morgan fingerprint density at radius 3 is 2.12 bits per heavy atom. The number of carboxylic acid groups (broad SMARTS) is 1. The van der Waals surface area contributed by atoms with E-state index in [4.69, 9.17) is 0 Å². The van der Waals surface area contributed by atoms with Crippen molar-refractivity contribution in [2.24, 2.45) is 11.3 Å². The van der Waals surface area contributed by atoms with Gasteiger partial charge in [0.05, 0.1) is 0 Å². The number of aliphatic carboxylic acids is 1. The Morgan fingerprint density at radius 1 is 1.35 bits per heavy atom. The maximum Gasteiger partial charge on any atom is 0.324 e. The van der Waals surface area contributed by atoms with Gasteiger partial charge >= 0.3 is 5.97 Å². The van der Waals surface area contributed by atoms with Crippen LogP contribution in [0, 0.1) is 11.3 Å². The van der Waals surface area contributed by atoms with Crippen LogP contribution in [0.5, 0.6) is 0 Å². The molecular weight excluding hydrogens is 214 g/mol. The van der Waals surface area contributed by atoms with Crippen LogP contribution < -0.4 is 0 Å². The lowest BCUT2D eigenvalue weighted by Crippen LogP contribution is -2.55. The molecule has 0 aromatic heterocycles. The van der Waals surface area contributed by atoms with Gasteiger partial charge in [-0.15, -0.1) is 0 Å². The summed E-state index contributed by atoms with van der Waals surface area (Å²) in [5.74, 6) is 0.00874. The van der Waals surface area contributed by atoms with E-state index in [1.807, 2.05) is 18.9 Å². The van der Waals surface area contributed by atoms with Gasteiger partial charge in [0.2, 0.25) is 0 Å². The molecule has 0 aliphatic heterocycles. The largest absolute Gasteiger partial charge is 0.480 e. The maximum absolute atomic E-state index is 11.6. The molecule has 0 aromatic carbocycles. The average Bonchev–Trinajstić information content (AvgIpc) is 2.26. The second kappa shape index (κ2) is 4.97. The van der Waals surface area contributed by atoms with Crippen LogP contribution in [-0.2, 0) is 4.79 Å². The smallest absolute Gasteiger partial charge is 0.324 e. The normalized spacial score (nSPS) is 30.6. The molecule has 0 heterocycles. The summed E-state index contributed by atoms with van der Waals surface area (Å²) in [6.07, 6.45) is 3.63. The lowest BCUT2D eigenvalue weighted by Gasteiger charge is -2.45. The van der Waals surface area contributed by atoms with Crippen molar-refractivity contribution in [2.75, 3.05) is 13.6 Å². The van der Waals surface area contributed by atoms with E-state index in [2.05, 4.69) is 20.8 Å². The third-order valence-electron chi connectivity index (χ3n) is 4.64. The first-order chi connectivity index (χ1) is 7.74. The predicted molar refractivity (Wildman–Crippen MR) is 70.1 cm³/mol. The highest BCUT2D eigenvalue weighted by atomic mass is 16.4. The van der Waals surface area contributed by atoms with Gasteiger partial charge in [-0.25, -0.2) is 0 Å². The molecular formula is C14H27NO2. The average molecular weight is 241 g/mol. The number of nitrogens with zero attached hydrogens (tertiary/aromatic N) is 1. The van der Waals surface area contributed by atoms with Crippen LogP contribution in [0.4, 0.5) is 0 Å². The van der Waals surface area contributed by atoms with E-state index in [1.54, 1.807) is 0 Å². The number of hydrogen-bond acceptors (Lipinski definition) is 2. The zero-order chi connectivity index (χ0) is 13.3. The quantitative estimate of drug-likeness (QED) is 0.825. The molecule has 0 spiro atoms. The van der Waals surface area contributed by atoms with Crippen LogP contribution in [0.3, 0.4) is 0 Å². The lowest BCUT2D eigenvalue weighted by atomic mass is 9.67. The lowest BCUT2D eigenvalue weighted by molar-refractivity contribution is -0.154. The Morgan fingerprint density at radius 2 is 1.82 bits per heavy atom. The van der Waals surface area contributed by atoms with Crippen LogP contribution in [-0.4, -0.2) is 35.1 Å². The molecule has 1 aliphatic rings. The van der Waals surface area contributed by atoms with E-state index < -0.39 is 11.5 Å². The van der Waals surface area contributed by atoms with Crippen LogP contribution in [0.1, 0.15) is 53.4 Å². The minimum atomic E-state index is -0.644. The summed E-state index contributed by atoms with van der Waals surface area (Å²) < 4.78 is 0. The summed E-state index contributed by atoms with van der Waals surface area (Å²) in [4.78, 5) is 13.6. The molecule has 0 amide bonds. The second-order valence-corrected chi connectivity index (χ2v) is 6.49. The topological polar surface area (TPSA) is 40.5 Å². The van der Waals surface area contributed by atoms with Gasteiger partial charge in [-0.3, -0.25) is 9.69 Å². The Bertz CT molecular complexity index is 272. The van der Waals surface area contributed by atoms with Crippen molar-refractivity contribution in [3.63, 3.8) is 0 Å². The fraction of sp³-hybridized carbons (Fsp3) is 0.929. The molecule has 3 nitrogen and oxygen atoms in total. The number of rotatable bonds is 3. The predicted octanol–water partition coefficient (Wildman–Crippen LogP) is 3.00. The molecule has 1 aliphatic carbocycles. The fourth-order valence-corrected chi connectivity index (χ4v) is 3.02. The van der Waals surface area contributed by atoms with E-state index in [0.29, 0.717) is 11.3 Å². The van der Waals surface area contributed by atoms with E-state index in [0.717, 1.165) is 32.2 Å². The molecule has 0 atom stereocenters. The third-order valence-corrected chi connectivity index (χ3v) is 4.64. The number of hydrogen-bond donors (Lipinski definition) is 1. The highest BCUT2D eigenvalue weighted by molar-refractivity contribution is 5.78. The third kappa shape index (κ3) is 2.82. The first-order valence-corrected chi connectivity index (χ1v) is 6.68. The van der Waals surface area contributed by atoms with Gasteiger partial charge in [-0.1, -0.05) is 27.7 Å². The van der Waals surface area contributed by atoms with Gasteiger partial charge in [0.25, 0.3) is 0 Å². The summed E-state index contributed by atoms with van der Waals surface area (Å²) in [5.41, 5.74) is -0.314. The highest BCUT2D eigenvalue weighted by Gasteiger charge is 2.46. The molecule has 0 unspecified atom stereocenters. The highest BCUT2D eigenvalue weighted by Crippen LogP contribution is 2.43. The van der Waals surface area contributed by atoms with E-state index in [1.165, 1.54) is 0 Å². The molecule has 1 rings (SSSR count). The first-order valence-electron chi connectivity index (χ1n) is 6.68. The van der Waals surface area contributed by atoms with Gasteiger partial charge in [0.15, 0.2) is 0 Å². The van der Waals surface area contributed by atoms with Crippen molar-refractivity contribution in [1.82, 2.24) is 4.90 Å². The van der Waals surface area contributed by atoms with Crippen LogP contribution >= 0.6 is 0 Å². The van der Waals surface area contributed by atoms with Gasteiger partial charge in [0, 0.05) is 0 Å². The van der Waals surface area contributed by atoms with Crippen molar-refractivity contribution in [1.29, 1.82) is 0 Å². The van der Waals surface area contributed by atoms with Crippen molar-refractivity contribution in [2.45, 2.75) is 58.9 Å². The Labute approximate surface area is 105 Å². The van der Waals surface area contributed by atoms with Gasteiger partial charge < -0.3 is 5.11 Å². The minimum Gasteiger partial charge on any atom is -0.480 e. The standard InChI is InChI=1S/C14H27NO2/c1-6-15(5)14(12(16)17)9-7-11(8-10-14)13(2,3)4/h11H,6-10H2,1-5H3,(H,16,17). The van der Waals surface area contributed by atoms with E-state index in [-0.39, 0.29) is 0 Å². The summed E-state index contributed by atoms with van der Waals surface area (Å²) in [7, 11) is 1.94. The molecule has 100 valence electrons. The maximum atomic E-state index is 11.6. The molecule has 17 heavy (non-hydrogen) atoms. The molecule has 0 saturated heterocycles. The van der Waals surface area contributed by atoms with Crippen LogP contribution in [0.25, 0.3) is 0 Å². The molecule has 3 heteroatoms. The Kier molecular flexibility index (Phi) is 4.23. The van der Waals surface area contributed by atoms with Gasteiger partial charge in [-0.05, 0) is 50.6 Å². The Balaban J connectivity index is 2.78. The summed E-state index contributed by atoms with van der Waals surface area (Å²) >= 11 is 0. The van der Waals surface area contributed by atoms with Crippen LogP contribution in [0.15, 0.2) is 0 Å². The molecule has 1 fully saturated rings. The molecule has 0 aromatic rings. The number of carbonyl (C=O) groups is 1.